The standard InChI is InChI=1S/C31H52O15/c1-4-29(32)44-22-19-38-10-7-35-13-16-41-25-28(26-42-17-14-36-8-11-39-20-23-45-30(33)5-2)27-43-18-15-37-9-12-40-21-24-46-31(34)6-3/h4-6,28H,1-3,7-27H2. The highest BCUT2D eigenvalue weighted by atomic mass is 16.6. The van der Waals surface area contributed by atoms with Gasteiger partial charge in [-0.3, -0.25) is 0 Å². The molecular weight excluding hydrogens is 612 g/mol. The quantitative estimate of drug-likeness (QED) is 0.0402. The summed E-state index contributed by atoms with van der Waals surface area (Å²) in [4.78, 5) is 32.8. The van der Waals surface area contributed by atoms with Gasteiger partial charge in [-0.15, -0.1) is 0 Å². The molecule has 0 atom stereocenters. The SMILES string of the molecule is C=CC(=O)OCCOCCOCCOCC(COCCOCCOCCOC(=O)C=C)COCCOCCOCCOC(=O)C=C. The largest absolute Gasteiger partial charge is 0.460 e. The molecule has 0 bridgehead atoms. The van der Waals surface area contributed by atoms with Crippen LogP contribution < -0.4 is 0 Å². The average Bonchev–Trinajstić information content (AvgIpc) is 3.07. The summed E-state index contributed by atoms with van der Waals surface area (Å²) < 4.78 is 64.1. The first kappa shape index (κ1) is 43.3. The minimum Gasteiger partial charge on any atom is -0.460 e. The molecule has 0 amide bonds. The number of hydrogen-bond acceptors (Lipinski definition) is 15. The Balaban J connectivity index is 4.01. The van der Waals surface area contributed by atoms with Crippen molar-refractivity contribution in [1.29, 1.82) is 0 Å². The first-order chi connectivity index (χ1) is 22.5. The molecular formula is C31H52O15. The number of rotatable bonds is 36. The molecule has 0 aromatic heterocycles. The molecule has 266 valence electrons. The number of esters is 3. The number of carbonyl (C=O) groups excluding carboxylic acids is 3. The van der Waals surface area contributed by atoms with Crippen molar-refractivity contribution < 1.29 is 71.2 Å². The fraction of sp³-hybridized carbons (Fsp3) is 0.710. The van der Waals surface area contributed by atoms with E-state index in [0.29, 0.717) is 99.1 Å². The van der Waals surface area contributed by atoms with Crippen molar-refractivity contribution >= 4 is 17.9 Å². The zero-order valence-corrected chi connectivity index (χ0v) is 26.9. The molecule has 0 unspecified atom stereocenters. The van der Waals surface area contributed by atoms with E-state index in [2.05, 4.69) is 19.7 Å². The van der Waals surface area contributed by atoms with Crippen LogP contribution in [0.25, 0.3) is 0 Å². The van der Waals surface area contributed by atoms with Gasteiger partial charge >= 0.3 is 17.9 Å². The van der Waals surface area contributed by atoms with Crippen LogP contribution in [0.1, 0.15) is 0 Å². The molecule has 0 aromatic rings. The smallest absolute Gasteiger partial charge is 0.330 e. The predicted molar refractivity (Wildman–Crippen MR) is 164 cm³/mol. The Hall–Kier alpha value is -2.73. The van der Waals surface area contributed by atoms with Crippen molar-refractivity contribution in [2.75, 3.05) is 139 Å². The minimum absolute atomic E-state index is 0.0233. The molecule has 0 rings (SSSR count). The second kappa shape index (κ2) is 35.1. The van der Waals surface area contributed by atoms with E-state index in [0.717, 1.165) is 18.2 Å². The van der Waals surface area contributed by atoms with Gasteiger partial charge in [0.25, 0.3) is 0 Å². The summed E-state index contributed by atoms with van der Waals surface area (Å²) >= 11 is 0. The fourth-order valence-corrected chi connectivity index (χ4v) is 2.99. The van der Waals surface area contributed by atoms with E-state index < -0.39 is 17.9 Å². The topological polar surface area (TPSA) is 162 Å². The van der Waals surface area contributed by atoms with Crippen LogP contribution >= 0.6 is 0 Å². The monoisotopic (exact) mass is 664 g/mol. The summed E-state index contributed by atoms with van der Waals surface area (Å²) in [6.07, 6.45) is 3.30. The first-order valence-electron chi connectivity index (χ1n) is 15.1. The van der Waals surface area contributed by atoms with E-state index in [9.17, 15) is 14.4 Å². The molecule has 0 spiro atoms. The number of hydrogen-bond donors (Lipinski definition) is 0. The maximum atomic E-state index is 10.9. The summed E-state index contributed by atoms with van der Waals surface area (Å²) in [5, 5.41) is 0. The van der Waals surface area contributed by atoms with Crippen molar-refractivity contribution in [1.82, 2.24) is 0 Å². The van der Waals surface area contributed by atoms with Gasteiger partial charge in [-0.1, -0.05) is 19.7 Å². The molecule has 15 nitrogen and oxygen atoms in total. The average molecular weight is 665 g/mol. The highest BCUT2D eigenvalue weighted by Gasteiger charge is 2.11. The van der Waals surface area contributed by atoms with E-state index in [1.54, 1.807) is 0 Å². The van der Waals surface area contributed by atoms with Crippen LogP contribution in [0, 0.1) is 5.92 Å². The Morgan fingerprint density at radius 2 is 0.543 bits per heavy atom. The molecule has 0 aliphatic heterocycles. The van der Waals surface area contributed by atoms with Gasteiger partial charge < -0.3 is 56.8 Å². The van der Waals surface area contributed by atoms with E-state index in [-0.39, 0.29) is 45.6 Å². The van der Waals surface area contributed by atoms with Gasteiger partial charge in [-0.2, -0.15) is 0 Å². The van der Waals surface area contributed by atoms with Crippen LogP contribution in [-0.2, 0) is 71.2 Å². The highest BCUT2D eigenvalue weighted by Crippen LogP contribution is 2.01. The lowest BCUT2D eigenvalue weighted by atomic mass is 10.2. The van der Waals surface area contributed by atoms with Gasteiger partial charge in [0.05, 0.1) is 119 Å². The minimum atomic E-state index is -0.485. The lowest BCUT2D eigenvalue weighted by Gasteiger charge is -2.18. The maximum absolute atomic E-state index is 10.9. The predicted octanol–water partition coefficient (Wildman–Crippen LogP) is 0.940. The molecule has 0 N–H and O–H groups in total. The second-order valence-corrected chi connectivity index (χ2v) is 8.88. The summed E-state index contributed by atoms with van der Waals surface area (Å²) in [6.45, 7) is 17.1. The second-order valence-electron chi connectivity index (χ2n) is 8.88. The third-order valence-electron chi connectivity index (χ3n) is 5.21. The summed E-state index contributed by atoms with van der Waals surface area (Å²) in [5.41, 5.74) is 0. The Morgan fingerprint density at radius 3 is 0.761 bits per heavy atom. The molecule has 0 aromatic carbocycles. The third-order valence-corrected chi connectivity index (χ3v) is 5.21. The Morgan fingerprint density at radius 1 is 0.348 bits per heavy atom. The summed E-state index contributed by atoms with van der Waals surface area (Å²) in [7, 11) is 0. The van der Waals surface area contributed by atoms with Gasteiger partial charge in [0.15, 0.2) is 0 Å². The molecule has 0 saturated carbocycles. The van der Waals surface area contributed by atoms with E-state index >= 15 is 0 Å². The van der Waals surface area contributed by atoms with E-state index in [1.807, 2.05) is 0 Å². The van der Waals surface area contributed by atoms with Crippen molar-refractivity contribution in [3.8, 4) is 0 Å². The van der Waals surface area contributed by atoms with Crippen LogP contribution in [0.4, 0.5) is 0 Å². The highest BCUT2D eigenvalue weighted by molar-refractivity contribution is 5.81. The lowest BCUT2D eigenvalue weighted by Crippen LogP contribution is -2.25. The molecule has 46 heavy (non-hydrogen) atoms. The van der Waals surface area contributed by atoms with Crippen molar-refractivity contribution in [3.05, 3.63) is 38.0 Å². The van der Waals surface area contributed by atoms with Crippen molar-refractivity contribution in [2.45, 2.75) is 0 Å². The number of ether oxygens (including phenoxy) is 12. The molecule has 0 radical (unpaired) electrons. The van der Waals surface area contributed by atoms with Gasteiger partial charge in [0, 0.05) is 24.1 Å². The lowest BCUT2D eigenvalue weighted by molar-refractivity contribution is -0.140. The molecule has 0 saturated heterocycles. The zero-order chi connectivity index (χ0) is 33.8. The molecule has 0 aliphatic carbocycles. The Labute approximate surface area is 271 Å². The van der Waals surface area contributed by atoms with Crippen LogP contribution in [0.3, 0.4) is 0 Å². The summed E-state index contributed by atoms with van der Waals surface area (Å²) in [5.74, 6) is -1.48. The summed E-state index contributed by atoms with van der Waals surface area (Å²) in [6, 6.07) is 0. The molecule has 0 aliphatic rings. The van der Waals surface area contributed by atoms with Gasteiger partial charge in [-0.25, -0.2) is 14.4 Å². The zero-order valence-electron chi connectivity index (χ0n) is 26.9. The van der Waals surface area contributed by atoms with Crippen molar-refractivity contribution in [3.63, 3.8) is 0 Å². The first-order valence-corrected chi connectivity index (χ1v) is 15.1. The fourth-order valence-electron chi connectivity index (χ4n) is 2.99. The van der Waals surface area contributed by atoms with Crippen LogP contribution in [-0.4, -0.2) is 157 Å². The molecule has 0 heterocycles. The maximum Gasteiger partial charge on any atom is 0.330 e. The van der Waals surface area contributed by atoms with Gasteiger partial charge in [0.1, 0.15) is 19.8 Å². The van der Waals surface area contributed by atoms with Gasteiger partial charge in [-0.05, 0) is 0 Å². The molecule has 0 fully saturated rings. The molecule has 15 heteroatoms. The van der Waals surface area contributed by atoms with E-state index in [1.165, 1.54) is 0 Å². The Bertz CT molecular complexity index is 677. The normalized spacial score (nSPS) is 10.9. The third kappa shape index (κ3) is 32.7. The Kier molecular flexibility index (Phi) is 33.0. The van der Waals surface area contributed by atoms with Gasteiger partial charge in [0.2, 0.25) is 0 Å². The van der Waals surface area contributed by atoms with Crippen molar-refractivity contribution in [2.24, 2.45) is 5.92 Å². The van der Waals surface area contributed by atoms with Crippen LogP contribution in [0.15, 0.2) is 38.0 Å². The van der Waals surface area contributed by atoms with E-state index in [4.69, 9.17) is 56.8 Å². The van der Waals surface area contributed by atoms with Crippen LogP contribution in [0.5, 0.6) is 0 Å². The number of carbonyl (C=O) groups is 3. The van der Waals surface area contributed by atoms with Crippen LogP contribution in [0.2, 0.25) is 0 Å².